The summed E-state index contributed by atoms with van der Waals surface area (Å²) >= 11 is 0. The van der Waals surface area contributed by atoms with Crippen molar-refractivity contribution in [3.8, 4) is 0 Å². The van der Waals surface area contributed by atoms with Crippen LogP contribution in [0.5, 0.6) is 0 Å². The van der Waals surface area contributed by atoms with E-state index in [4.69, 9.17) is 0 Å². The van der Waals surface area contributed by atoms with E-state index in [1.54, 1.807) is 0 Å². The summed E-state index contributed by atoms with van der Waals surface area (Å²) in [7, 11) is 0. The highest BCUT2D eigenvalue weighted by Gasteiger charge is 2.31. The molecule has 1 nitrogen and oxygen atoms in total. The number of piperidine rings is 1. The van der Waals surface area contributed by atoms with E-state index in [9.17, 15) is 4.39 Å². The van der Waals surface area contributed by atoms with E-state index in [2.05, 4.69) is 5.32 Å². The van der Waals surface area contributed by atoms with Crippen molar-refractivity contribution in [2.75, 3.05) is 13.1 Å². The third-order valence-corrected chi connectivity index (χ3v) is 3.64. The summed E-state index contributed by atoms with van der Waals surface area (Å²) in [6, 6.07) is 0. The fourth-order valence-electron chi connectivity index (χ4n) is 2.81. The fourth-order valence-corrected chi connectivity index (χ4v) is 2.81. The summed E-state index contributed by atoms with van der Waals surface area (Å²) in [5.74, 6) is 0.710. The highest BCUT2D eigenvalue weighted by molar-refractivity contribution is 4.83. The van der Waals surface area contributed by atoms with Crippen molar-refractivity contribution in [2.45, 2.75) is 44.7 Å². The fraction of sp³-hybridized carbons (Fsp3) is 1.00. The van der Waals surface area contributed by atoms with Crippen LogP contribution in [-0.2, 0) is 0 Å². The maximum atomic E-state index is 14.0. The Labute approximate surface area is 80.1 Å². The van der Waals surface area contributed by atoms with Crippen LogP contribution in [0.2, 0.25) is 0 Å². The molecule has 0 bridgehead atoms. The van der Waals surface area contributed by atoms with Gasteiger partial charge in [0.25, 0.3) is 0 Å². The van der Waals surface area contributed by atoms with Crippen LogP contribution >= 0.6 is 0 Å². The molecule has 2 fully saturated rings. The second-order valence-corrected chi connectivity index (χ2v) is 4.60. The van der Waals surface area contributed by atoms with Crippen molar-refractivity contribution >= 4 is 0 Å². The minimum atomic E-state index is -0.518. The molecule has 1 saturated heterocycles. The standard InChI is InChI=1S/C11H20FN/c12-11(9-4-1-2-5-9)10-6-3-7-13-8-10/h9-11,13H,1-8H2. The van der Waals surface area contributed by atoms with Crippen LogP contribution in [0.3, 0.4) is 0 Å². The zero-order chi connectivity index (χ0) is 9.10. The Morgan fingerprint density at radius 2 is 1.69 bits per heavy atom. The quantitative estimate of drug-likeness (QED) is 0.697. The van der Waals surface area contributed by atoms with Crippen LogP contribution in [-0.4, -0.2) is 19.3 Å². The Kier molecular flexibility index (Phi) is 3.20. The highest BCUT2D eigenvalue weighted by atomic mass is 19.1. The first-order valence-corrected chi connectivity index (χ1v) is 5.72. The van der Waals surface area contributed by atoms with Gasteiger partial charge in [-0.15, -0.1) is 0 Å². The topological polar surface area (TPSA) is 12.0 Å². The van der Waals surface area contributed by atoms with Gasteiger partial charge in [0.15, 0.2) is 0 Å². The maximum Gasteiger partial charge on any atom is 0.107 e. The number of hydrogen-bond donors (Lipinski definition) is 1. The van der Waals surface area contributed by atoms with Crippen LogP contribution in [0.25, 0.3) is 0 Å². The summed E-state index contributed by atoms with van der Waals surface area (Å²) in [5.41, 5.74) is 0. The van der Waals surface area contributed by atoms with Crippen LogP contribution < -0.4 is 5.32 Å². The third-order valence-electron chi connectivity index (χ3n) is 3.64. The normalized spacial score (nSPS) is 33.5. The van der Waals surface area contributed by atoms with Gasteiger partial charge in [-0.05, 0) is 38.1 Å². The van der Waals surface area contributed by atoms with E-state index in [1.807, 2.05) is 0 Å². The molecule has 1 aliphatic carbocycles. The second-order valence-electron chi connectivity index (χ2n) is 4.60. The molecular formula is C11H20FN. The second kappa shape index (κ2) is 4.41. The lowest BCUT2D eigenvalue weighted by molar-refractivity contribution is 0.129. The number of rotatable bonds is 2. The highest BCUT2D eigenvalue weighted by Crippen LogP contribution is 2.34. The van der Waals surface area contributed by atoms with Gasteiger partial charge in [-0.3, -0.25) is 0 Å². The largest absolute Gasteiger partial charge is 0.316 e. The van der Waals surface area contributed by atoms with Crippen molar-refractivity contribution in [1.82, 2.24) is 5.32 Å². The Morgan fingerprint density at radius 3 is 2.31 bits per heavy atom. The summed E-state index contributed by atoms with van der Waals surface area (Å²) in [5, 5.41) is 3.30. The van der Waals surface area contributed by atoms with Gasteiger partial charge in [-0.2, -0.15) is 0 Å². The van der Waals surface area contributed by atoms with Gasteiger partial charge in [0.1, 0.15) is 6.17 Å². The molecule has 2 heteroatoms. The molecule has 2 rings (SSSR count). The van der Waals surface area contributed by atoms with Gasteiger partial charge < -0.3 is 5.32 Å². The minimum Gasteiger partial charge on any atom is -0.316 e. The molecule has 1 N–H and O–H groups in total. The molecule has 0 aromatic rings. The molecular weight excluding hydrogens is 165 g/mol. The van der Waals surface area contributed by atoms with Crippen LogP contribution in [0.4, 0.5) is 4.39 Å². The summed E-state index contributed by atoms with van der Waals surface area (Å²) < 4.78 is 14.0. The zero-order valence-corrected chi connectivity index (χ0v) is 8.27. The SMILES string of the molecule is FC(C1CCCC1)C1CCCNC1. The Morgan fingerprint density at radius 1 is 1.00 bits per heavy atom. The molecule has 76 valence electrons. The molecule has 2 atom stereocenters. The summed E-state index contributed by atoms with van der Waals surface area (Å²) in [6.07, 6.45) is 6.53. The molecule has 1 saturated carbocycles. The van der Waals surface area contributed by atoms with Gasteiger partial charge in [0.05, 0.1) is 0 Å². The van der Waals surface area contributed by atoms with Crippen molar-refractivity contribution in [3.63, 3.8) is 0 Å². The number of nitrogens with one attached hydrogen (secondary N) is 1. The van der Waals surface area contributed by atoms with Crippen molar-refractivity contribution in [1.29, 1.82) is 0 Å². The van der Waals surface area contributed by atoms with E-state index >= 15 is 0 Å². The van der Waals surface area contributed by atoms with Gasteiger partial charge in [0, 0.05) is 12.5 Å². The monoisotopic (exact) mass is 185 g/mol. The molecule has 1 heterocycles. The van der Waals surface area contributed by atoms with Crippen molar-refractivity contribution in [3.05, 3.63) is 0 Å². The van der Waals surface area contributed by atoms with Crippen LogP contribution in [0, 0.1) is 11.8 Å². The van der Waals surface area contributed by atoms with E-state index < -0.39 is 6.17 Å². The first kappa shape index (κ1) is 9.45. The lowest BCUT2D eigenvalue weighted by Crippen LogP contribution is -2.37. The molecule has 0 spiro atoms. The zero-order valence-electron chi connectivity index (χ0n) is 8.27. The summed E-state index contributed by atoms with van der Waals surface area (Å²) in [4.78, 5) is 0. The average Bonchev–Trinajstić information content (AvgIpc) is 2.71. The lowest BCUT2D eigenvalue weighted by Gasteiger charge is -2.29. The van der Waals surface area contributed by atoms with E-state index in [1.165, 1.54) is 12.8 Å². The van der Waals surface area contributed by atoms with E-state index in [0.29, 0.717) is 11.8 Å². The number of halogens is 1. The molecule has 1 aliphatic heterocycles. The average molecular weight is 185 g/mol. The smallest absolute Gasteiger partial charge is 0.107 e. The molecule has 2 unspecified atom stereocenters. The predicted molar refractivity (Wildman–Crippen MR) is 52.4 cm³/mol. The summed E-state index contributed by atoms with van der Waals surface area (Å²) in [6.45, 7) is 2.01. The Balaban J connectivity index is 1.83. The molecule has 13 heavy (non-hydrogen) atoms. The van der Waals surface area contributed by atoms with Crippen molar-refractivity contribution < 1.29 is 4.39 Å². The maximum absolute atomic E-state index is 14.0. The molecule has 2 aliphatic rings. The third kappa shape index (κ3) is 2.22. The Bertz CT molecular complexity index is 148. The number of alkyl halides is 1. The van der Waals surface area contributed by atoms with Gasteiger partial charge in [-0.1, -0.05) is 12.8 Å². The molecule has 0 amide bonds. The van der Waals surface area contributed by atoms with Gasteiger partial charge in [-0.25, -0.2) is 4.39 Å². The van der Waals surface area contributed by atoms with Crippen molar-refractivity contribution in [2.24, 2.45) is 11.8 Å². The van der Waals surface area contributed by atoms with Crippen LogP contribution in [0.15, 0.2) is 0 Å². The molecule has 0 aromatic carbocycles. The predicted octanol–water partition coefficient (Wildman–Crippen LogP) is 2.51. The number of hydrogen-bond acceptors (Lipinski definition) is 1. The Hall–Kier alpha value is -0.110. The van der Waals surface area contributed by atoms with E-state index in [-0.39, 0.29) is 0 Å². The first-order chi connectivity index (χ1) is 6.38. The van der Waals surface area contributed by atoms with Crippen LogP contribution in [0.1, 0.15) is 38.5 Å². The minimum absolute atomic E-state index is 0.317. The lowest BCUT2D eigenvalue weighted by atomic mass is 9.86. The van der Waals surface area contributed by atoms with E-state index in [0.717, 1.165) is 38.8 Å². The molecule has 0 radical (unpaired) electrons. The van der Waals surface area contributed by atoms with Gasteiger partial charge in [0.2, 0.25) is 0 Å². The molecule has 0 aromatic heterocycles. The van der Waals surface area contributed by atoms with Gasteiger partial charge >= 0.3 is 0 Å². The first-order valence-electron chi connectivity index (χ1n) is 5.72.